The first-order valence-electron chi connectivity index (χ1n) is 6.14. The van der Waals surface area contributed by atoms with E-state index in [0.717, 1.165) is 6.07 Å². The van der Waals surface area contributed by atoms with Crippen molar-refractivity contribution in [1.29, 1.82) is 0 Å². The number of halogens is 1. The Hall–Kier alpha value is -2.00. The predicted molar refractivity (Wildman–Crippen MR) is 73.5 cm³/mol. The third-order valence-corrected chi connectivity index (χ3v) is 4.19. The molecule has 21 heavy (non-hydrogen) atoms. The molecule has 1 aromatic carbocycles. The van der Waals surface area contributed by atoms with Crippen LogP contribution in [0.4, 0.5) is 10.1 Å². The fraction of sp³-hybridized carbons (Fsp3) is 0.333. The van der Waals surface area contributed by atoms with E-state index in [1.807, 2.05) is 0 Å². The molecule has 9 heteroatoms. The summed E-state index contributed by atoms with van der Waals surface area (Å²) < 4.78 is 45.2. The van der Waals surface area contributed by atoms with Gasteiger partial charge in [-0.3, -0.25) is 0 Å². The molecule has 3 N–H and O–H groups in total. The van der Waals surface area contributed by atoms with E-state index >= 15 is 0 Å². The maximum Gasteiger partial charge on any atom is 0.243 e. The van der Waals surface area contributed by atoms with Crippen molar-refractivity contribution in [2.75, 3.05) is 12.3 Å². The van der Waals surface area contributed by atoms with Crippen LogP contribution in [0.2, 0.25) is 0 Å². The number of nitrogens with zero attached hydrogens (tertiary/aromatic N) is 2. The monoisotopic (exact) mass is 314 g/mol. The normalized spacial score (nSPS) is 11.8. The maximum atomic E-state index is 13.9. The molecule has 0 aliphatic carbocycles. The van der Waals surface area contributed by atoms with E-state index in [9.17, 15) is 12.8 Å². The Balaban J connectivity index is 2.12. The topological polar surface area (TPSA) is 111 Å². The highest BCUT2D eigenvalue weighted by Crippen LogP contribution is 2.21. The van der Waals surface area contributed by atoms with Gasteiger partial charge < -0.3 is 10.3 Å². The first-order chi connectivity index (χ1) is 9.79. The van der Waals surface area contributed by atoms with Gasteiger partial charge in [-0.05, 0) is 31.5 Å². The second-order valence-electron chi connectivity index (χ2n) is 4.53. The van der Waals surface area contributed by atoms with Crippen molar-refractivity contribution in [3.63, 3.8) is 0 Å². The number of anilines is 1. The summed E-state index contributed by atoms with van der Waals surface area (Å²) in [6.45, 7) is 3.12. The molecule has 0 bridgehead atoms. The number of nitrogens with one attached hydrogen (secondary N) is 1. The van der Waals surface area contributed by atoms with Crippen LogP contribution in [0.25, 0.3) is 0 Å². The molecule has 0 amide bonds. The zero-order valence-electron chi connectivity index (χ0n) is 11.6. The van der Waals surface area contributed by atoms with Crippen molar-refractivity contribution in [3.05, 3.63) is 35.2 Å². The number of aryl methyl sites for hydroxylation is 2. The van der Waals surface area contributed by atoms with Crippen LogP contribution in [0, 0.1) is 19.7 Å². The molecule has 2 rings (SSSR count). The fourth-order valence-corrected chi connectivity index (χ4v) is 2.99. The second-order valence-corrected chi connectivity index (χ2v) is 6.27. The molecule has 0 atom stereocenters. The van der Waals surface area contributed by atoms with E-state index in [0.29, 0.717) is 11.7 Å². The van der Waals surface area contributed by atoms with Gasteiger partial charge in [-0.2, -0.15) is 4.98 Å². The highest BCUT2D eigenvalue weighted by Gasteiger charge is 2.21. The van der Waals surface area contributed by atoms with Crippen molar-refractivity contribution in [1.82, 2.24) is 14.9 Å². The largest absolute Gasteiger partial charge is 0.399 e. The van der Waals surface area contributed by atoms with Crippen molar-refractivity contribution >= 4 is 15.7 Å². The number of benzene rings is 1. The third kappa shape index (κ3) is 3.56. The Kier molecular flexibility index (Phi) is 4.24. The molecule has 0 aliphatic heterocycles. The second kappa shape index (κ2) is 5.78. The lowest BCUT2D eigenvalue weighted by Gasteiger charge is -2.09. The molecule has 0 fully saturated rings. The summed E-state index contributed by atoms with van der Waals surface area (Å²) in [7, 11) is -3.99. The van der Waals surface area contributed by atoms with Gasteiger partial charge in [0.05, 0.1) is 0 Å². The minimum Gasteiger partial charge on any atom is -0.399 e. The SMILES string of the molecule is Cc1noc(CCNS(=O)(=O)c2cc(N)cc(C)c2F)n1. The molecule has 114 valence electrons. The molecule has 1 heterocycles. The molecule has 0 saturated heterocycles. The Bertz CT molecular complexity index is 758. The zero-order chi connectivity index (χ0) is 15.6. The number of rotatable bonds is 5. The predicted octanol–water partition coefficient (Wildman–Crippen LogP) is 0.929. The third-order valence-electron chi connectivity index (χ3n) is 2.73. The summed E-state index contributed by atoms with van der Waals surface area (Å²) >= 11 is 0. The molecular formula is C12H15FN4O3S. The van der Waals surface area contributed by atoms with Crippen LogP contribution in [-0.2, 0) is 16.4 Å². The Morgan fingerprint density at radius 1 is 1.38 bits per heavy atom. The molecule has 0 unspecified atom stereocenters. The lowest BCUT2D eigenvalue weighted by Crippen LogP contribution is -2.27. The summed E-state index contributed by atoms with van der Waals surface area (Å²) in [6, 6.07) is 2.46. The molecule has 1 aromatic heterocycles. The van der Waals surface area contributed by atoms with Gasteiger partial charge in [0, 0.05) is 18.7 Å². The van der Waals surface area contributed by atoms with Crippen molar-refractivity contribution in [3.8, 4) is 0 Å². The summed E-state index contributed by atoms with van der Waals surface area (Å²) in [5, 5.41) is 3.59. The molecule has 0 saturated carbocycles. The van der Waals surface area contributed by atoms with Gasteiger partial charge in [0.15, 0.2) is 5.82 Å². The Morgan fingerprint density at radius 3 is 2.71 bits per heavy atom. The lowest BCUT2D eigenvalue weighted by atomic mass is 10.2. The zero-order valence-corrected chi connectivity index (χ0v) is 12.4. The van der Waals surface area contributed by atoms with Crippen LogP contribution in [0.3, 0.4) is 0 Å². The van der Waals surface area contributed by atoms with E-state index in [1.165, 1.54) is 13.0 Å². The number of hydrogen-bond donors (Lipinski definition) is 2. The number of hydrogen-bond acceptors (Lipinski definition) is 6. The average molecular weight is 314 g/mol. The van der Waals surface area contributed by atoms with Crippen LogP contribution in [0.15, 0.2) is 21.6 Å². The Labute approximate surface area is 121 Å². The first kappa shape index (κ1) is 15.4. The quantitative estimate of drug-likeness (QED) is 0.794. The van der Waals surface area contributed by atoms with Crippen LogP contribution in [-0.4, -0.2) is 25.1 Å². The van der Waals surface area contributed by atoms with Crippen LogP contribution in [0.5, 0.6) is 0 Å². The minimum absolute atomic E-state index is 0.0112. The standard InChI is InChI=1S/C12H15FN4O3S/c1-7-5-9(14)6-10(12(7)13)21(18,19)15-4-3-11-16-8(2)17-20-11/h5-6,15H,3-4,14H2,1-2H3. The van der Waals surface area contributed by atoms with Gasteiger partial charge in [-0.15, -0.1) is 0 Å². The van der Waals surface area contributed by atoms with Gasteiger partial charge in [0.2, 0.25) is 15.9 Å². The van der Waals surface area contributed by atoms with Crippen molar-refractivity contribution < 1.29 is 17.3 Å². The van der Waals surface area contributed by atoms with Gasteiger partial charge in [-0.1, -0.05) is 5.16 Å². The van der Waals surface area contributed by atoms with Gasteiger partial charge in [-0.25, -0.2) is 17.5 Å². The maximum absolute atomic E-state index is 13.9. The molecule has 7 nitrogen and oxygen atoms in total. The number of aromatic nitrogens is 2. The van der Waals surface area contributed by atoms with E-state index < -0.39 is 20.7 Å². The van der Waals surface area contributed by atoms with Crippen molar-refractivity contribution in [2.24, 2.45) is 0 Å². The minimum atomic E-state index is -3.99. The molecular weight excluding hydrogens is 299 g/mol. The number of nitrogen functional groups attached to an aromatic ring is 1. The number of sulfonamides is 1. The van der Waals surface area contributed by atoms with Gasteiger partial charge >= 0.3 is 0 Å². The average Bonchev–Trinajstić information content (AvgIpc) is 2.79. The summed E-state index contributed by atoms with van der Waals surface area (Å²) in [5.41, 5.74) is 5.91. The van der Waals surface area contributed by atoms with Crippen LogP contribution >= 0.6 is 0 Å². The highest BCUT2D eigenvalue weighted by molar-refractivity contribution is 7.89. The summed E-state index contributed by atoms with van der Waals surface area (Å²) in [4.78, 5) is 3.47. The highest BCUT2D eigenvalue weighted by atomic mass is 32.2. The van der Waals surface area contributed by atoms with Gasteiger partial charge in [0.1, 0.15) is 10.7 Å². The number of nitrogens with two attached hydrogens (primary N) is 1. The Morgan fingerprint density at radius 2 is 2.10 bits per heavy atom. The van der Waals surface area contributed by atoms with Crippen LogP contribution < -0.4 is 10.5 Å². The van der Waals surface area contributed by atoms with Crippen molar-refractivity contribution in [2.45, 2.75) is 25.2 Å². The van der Waals surface area contributed by atoms with Crippen LogP contribution in [0.1, 0.15) is 17.3 Å². The van der Waals surface area contributed by atoms with E-state index in [-0.39, 0.29) is 24.2 Å². The smallest absolute Gasteiger partial charge is 0.243 e. The summed E-state index contributed by atoms with van der Waals surface area (Å²) in [5.74, 6) is -0.0462. The fourth-order valence-electron chi connectivity index (χ4n) is 1.77. The summed E-state index contributed by atoms with van der Waals surface area (Å²) in [6.07, 6.45) is 0.211. The molecule has 0 aliphatic rings. The molecule has 2 aromatic rings. The molecule has 0 radical (unpaired) electrons. The lowest BCUT2D eigenvalue weighted by molar-refractivity contribution is 0.375. The van der Waals surface area contributed by atoms with E-state index in [2.05, 4.69) is 14.9 Å². The molecule has 0 spiro atoms. The van der Waals surface area contributed by atoms with Gasteiger partial charge in [0.25, 0.3) is 0 Å². The first-order valence-corrected chi connectivity index (χ1v) is 7.62. The van der Waals surface area contributed by atoms with E-state index in [4.69, 9.17) is 10.3 Å². The van der Waals surface area contributed by atoms with E-state index in [1.54, 1.807) is 6.92 Å².